The van der Waals surface area contributed by atoms with Gasteiger partial charge in [0.15, 0.2) is 0 Å². The Labute approximate surface area is 139 Å². The van der Waals surface area contributed by atoms with Crippen molar-refractivity contribution < 1.29 is 18.1 Å². The lowest BCUT2D eigenvalue weighted by molar-refractivity contribution is -0.384. The number of halogens is 3. The number of benzene rings is 1. The maximum atomic E-state index is 12.7. The van der Waals surface area contributed by atoms with Gasteiger partial charge >= 0.3 is 6.18 Å². The van der Waals surface area contributed by atoms with Crippen molar-refractivity contribution in [1.82, 2.24) is 14.9 Å². The zero-order chi connectivity index (χ0) is 18.2. The number of aromatic amines is 1. The SMILES string of the molecule is O=c1[nH]c(C(F)(F)F)nc2c1CN(Cc1ccc([N+](=O)[O-])cc1)CC2. The first kappa shape index (κ1) is 17.1. The van der Waals surface area contributed by atoms with E-state index in [1.807, 2.05) is 4.90 Å². The van der Waals surface area contributed by atoms with Crippen molar-refractivity contribution in [3.8, 4) is 0 Å². The lowest BCUT2D eigenvalue weighted by atomic mass is 10.1. The van der Waals surface area contributed by atoms with Gasteiger partial charge < -0.3 is 4.98 Å². The molecule has 1 aromatic heterocycles. The molecule has 1 aromatic carbocycles. The molecule has 0 aliphatic carbocycles. The van der Waals surface area contributed by atoms with Gasteiger partial charge in [0.05, 0.1) is 16.2 Å². The van der Waals surface area contributed by atoms with E-state index in [9.17, 15) is 28.1 Å². The van der Waals surface area contributed by atoms with Crippen LogP contribution in [0.1, 0.15) is 22.6 Å². The molecule has 0 saturated heterocycles. The minimum atomic E-state index is -4.69. The van der Waals surface area contributed by atoms with E-state index in [0.717, 1.165) is 5.56 Å². The molecule has 0 amide bonds. The monoisotopic (exact) mass is 354 g/mol. The summed E-state index contributed by atoms with van der Waals surface area (Å²) in [4.78, 5) is 29.3. The summed E-state index contributed by atoms with van der Waals surface area (Å²) in [7, 11) is 0. The van der Waals surface area contributed by atoms with E-state index < -0.39 is 22.5 Å². The van der Waals surface area contributed by atoms with Gasteiger partial charge in [0.1, 0.15) is 0 Å². The van der Waals surface area contributed by atoms with Crippen LogP contribution in [0.15, 0.2) is 29.1 Å². The normalized spacial score (nSPS) is 15.0. The van der Waals surface area contributed by atoms with E-state index in [1.165, 1.54) is 12.1 Å². The van der Waals surface area contributed by atoms with Crippen molar-refractivity contribution in [2.75, 3.05) is 6.54 Å². The lowest BCUT2D eigenvalue weighted by Crippen LogP contribution is -2.36. The number of fused-ring (bicyclic) bond motifs is 1. The van der Waals surface area contributed by atoms with Crippen molar-refractivity contribution in [2.45, 2.75) is 25.7 Å². The van der Waals surface area contributed by atoms with Crippen LogP contribution in [0.2, 0.25) is 0 Å². The molecule has 0 atom stereocenters. The number of nitrogens with zero attached hydrogens (tertiary/aromatic N) is 3. The second kappa shape index (κ2) is 6.28. The number of aromatic nitrogens is 2. The Morgan fingerprint density at radius 3 is 2.56 bits per heavy atom. The second-order valence-corrected chi connectivity index (χ2v) is 5.72. The van der Waals surface area contributed by atoms with Crippen molar-refractivity contribution in [3.05, 3.63) is 67.4 Å². The maximum absolute atomic E-state index is 12.7. The van der Waals surface area contributed by atoms with Crippen LogP contribution in [-0.4, -0.2) is 26.3 Å². The first-order valence-corrected chi connectivity index (χ1v) is 7.39. The average molecular weight is 354 g/mol. The number of hydrogen-bond donors (Lipinski definition) is 1. The number of H-pyrrole nitrogens is 1. The van der Waals surface area contributed by atoms with E-state index in [0.29, 0.717) is 13.1 Å². The second-order valence-electron chi connectivity index (χ2n) is 5.72. The molecule has 0 bridgehead atoms. The Morgan fingerprint density at radius 1 is 1.28 bits per heavy atom. The summed E-state index contributed by atoms with van der Waals surface area (Å²) in [5.41, 5.74) is 0.390. The topological polar surface area (TPSA) is 92.1 Å². The quantitative estimate of drug-likeness (QED) is 0.674. The van der Waals surface area contributed by atoms with Crippen LogP contribution in [0.4, 0.5) is 18.9 Å². The highest BCUT2D eigenvalue weighted by Crippen LogP contribution is 2.26. The van der Waals surface area contributed by atoms with E-state index in [1.54, 1.807) is 17.1 Å². The van der Waals surface area contributed by atoms with Gasteiger partial charge in [0, 0.05) is 38.2 Å². The minimum absolute atomic E-state index is 0.0203. The van der Waals surface area contributed by atoms with E-state index in [-0.39, 0.29) is 29.9 Å². The molecule has 3 rings (SSSR count). The largest absolute Gasteiger partial charge is 0.449 e. The van der Waals surface area contributed by atoms with Crippen LogP contribution >= 0.6 is 0 Å². The molecular formula is C15H13F3N4O3. The molecular weight excluding hydrogens is 341 g/mol. The highest BCUT2D eigenvalue weighted by atomic mass is 19.4. The summed E-state index contributed by atoms with van der Waals surface area (Å²) in [6, 6.07) is 6.00. The highest BCUT2D eigenvalue weighted by molar-refractivity contribution is 5.33. The molecule has 0 saturated carbocycles. The van der Waals surface area contributed by atoms with Crippen molar-refractivity contribution in [2.24, 2.45) is 0 Å². The Kier molecular flexibility index (Phi) is 4.29. The molecule has 2 heterocycles. The fourth-order valence-corrected chi connectivity index (χ4v) is 2.73. The summed E-state index contributed by atoms with van der Waals surface area (Å²) < 4.78 is 38.1. The standard InChI is InChI=1S/C15H13F3N4O3/c16-15(17,18)14-19-12-5-6-21(8-11(12)13(23)20-14)7-9-1-3-10(4-2-9)22(24)25/h1-4H,5-8H2,(H,19,20,23). The average Bonchev–Trinajstić information content (AvgIpc) is 2.55. The number of nitrogens with one attached hydrogen (secondary N) is 1. The number of rotatable bonds is 3. The van der Waals surface area contributed by atoms with Crippen LogP contribution in [-0.2, 0) is 25.7 Å². The molecule has 2 aromatic rings. The van der Waals surface area contributed by atoms with Gasteiger partial charge in [0.25, 0.3) is 11.2 Å². The Bertz CT molecular complexity index is 862. The van der Waals surface area contributed by atoms with Crippen LogP contribution in [0, 0.1) is 10.1 Å². The van der Waals surface area contributed by atoms with Crippen LogP contribution in [0.5, 0.6) is 0 Å². The number of nitro groups is 1. The van der Waals surface area contributed by atoms with Crippen LogP contribution in [0.3, 0.4) is 0 Å². The van der Waals surface area contributed by atoms with Crippen molar-refractivity contribution >= 4 is 5.69 Å². The van der Waals surface area contributed by atoms with E-state index in [4.69, 9.17) is 0 Å². The van der Waals surface area contributed by atoms with Crippen molar-refractivity contribution in [1.29, 1.82) is 0 Å². The Balaban J connectivity index is 1.77. The summed E-state index contributed by atoms with van der Waals surface area (Å²) in [5.74, 6) is -1.28. The summed E-state index contributed by atoms with van der Waals surface area (Å²) >= 11 is 0. The van der Waals surface area contributed by atoms with Gasteiger partial charge in [-0.1, -0.05) is 12.1 Å². The van der Waals surface area contributed by atoms with E-state index in [2.05, 4.69) is 4.98 Å². The third-order valence-electron chi connectivity index (χ3n) is 3.97. The first-order chi connectivity index (χ1) is 11.7. The molecule has 1 aliphatic rings. The minimum Gasteiger partial charge on any atom is -0.303 e. The van der Waals surface area contributed by atoms with Gasteiger partial charge in [-0.25, -0.2) is 4.98 Å². The first-order valence-electron chi connectivity index (χ1n) is 7.39. The van der Waals surface area contributed by atoms with Gasteiger partial charge in [-0.15, -0.1) is 0 Å². The molecule has 0 fully saturated rings. The highest BCUT2D eigenvalue weighted by Gasteiger charge is 2.35. The maximum Gasteiger partial charge on any atom is 0.449 e. The molecule has 0 radical (unpaired) electrons. The fourth-order valence-electron chi connectivity index (χ4n) is 2.73. The molecule has 132 valence electrons. The number of non-ortho nitro benzene ring substituents is 1. The summed E-state index contributed by atoms with van der Waals surface area (Å²) in [5, 5.41) is 10.6. The third kappa shape index (κ3) is 3.68. The number of nitro benzene ring substituents is 1. The van der Waals surface area contributed by atoms with Gasteiger partial charge in [-0.3, -0.25) is 19.8 Å². The number of alkyl halides is 3. The van der Waals surface area contributed by atoms with Gasteiger partial charge in [0.2, 0.25) is 5.82 Å². The molecule has 10 heteroatoms. The Morgan fingerprint density at radius 2 is 1.96 bits per heavy atom. The van der Waals surface area contributed by atoms with Crippen molar-refractivity contribution in [3.63, 3.8) is 0 Å². The summed E-state index contributed by atoms with van der Waals surface area (Å²) in [6.07, 6.45) is -4.46. The third-order valence-corrected chi connectivity index (χ3v) is 3.97. The van der Waals surface area contributed by atoms with Gasteiger partial charge in [-0.2, -0.15) is 13.2 Å². The van der Waals surface area contributed by atoms with Crippen LogP contribution < -0.4 is 5.56 Å². The lowest BCUT2D eigenvalue weighted by Gasteiger charge is -2.27. The van der Waals surface area contributed by atoms with Gasteiger partial charge in [-0.05, 0) is 5.56 Å². The molecule has 0 spiro atoms. The molecule has 7 nitrogen and oxygen atoms in total. The van der Waals surface area contributed by atoms with Crippen LogP contribution in [0.25, 0.3) is 0 Å². The Hall–Kier alpha value is -2.75. The predicted molar refractivity (Wildman–Crippen MR) is 80.8 cm³/mol. The molecule has 25 heavy (non-hydrogen) atoms. The predicted octanol–water partition coefficient (Wildman–Crippen LogP) is 2.26. The molecule has 0 unspecified atom stereocenters. The van der Waals surface area contributed by atoms with E-state index >= 15 is 0 Å². The molecule has 1 aliphatic heterocycles. The molecule has 1 N–H and O–H groups in total. The smallest absolute Gasteiger partial charge is 0.303 e. The number of hydrogen-bond acceptors (Lipinski definition) is 5. The zero-order valence-corrected chi connectivity index (χ0v) is 12.8. The summed E-state index contributed by atoms with van der Waals surface area (Å²) in [6.45, 7) is 1.04. The zero-order valence-electron chi connectivity index (χ0n) is 12.8. The fraction of sp³-hybridized carbons (Fsp3) is 0.333.